The summed E-state index contributed by atoms with van der Waals surface area (Å²) < 4.78 is 22.0. The van der Waals surface area contributed by atoms with Crippen molar-refractivity contribution in [2.45, 2.75) is 31.8 Å². The maximum Gasteiger partial charge on any atom is 0.190 e. The lowest BCUT2D eigenvalue weighted by molar-refractivity contribution is 0.0420. The molecule has 2 saturated heterocycles. The molecule has 2 rings (SSSR count). The van der Waals surface area contributed by atoms with Crippen molar-refractivity contribution in [3.63, 3.8) is 0 Å². The highest BCUT2D eigenvalue weighted by Gasteiger charge is 2.15. The minimum absolute atomic E-state index is 0. The second-order valence-corrected chi connectivity index (χ2v) is 6.29. The summed E-state index contributed by atoms with van der Waals surface area (Å²) in [4.78, 5) is 4.22. The second-order valence-electron chi connectivity index (χ2n) is 6.29. The minimum Gasteiger partial charge on any atom is -0.381 e. The summed E-state index contributed by atoms with van der Waals surface area (Å²) >= 11 is 0. The number of hydrogen-bond donors (Lipinski definition) is 2. The van der Waals surface area contributed by atoms with Crippen molar-refractivity contribution in [1.29, 1.82) is 0 Å². The largest absolute Gasteiger partial charge is 0.381 e. The molecule has 0 amide bonds. The van der Waals surface area contributed by atoms with Crippen LogP contribution in [0.5, 0.6) is 0 Å². The molecule has 2 fully saturated rings. The van der Waals surface area contributed by atoms with E-state index in [4.69, 9.17) is 18.9 Å². The van der Waals surface area contributed by atoms with Crippen LogP contribution in [0.4, 0.5) is 0 Å². The average Bonchev–Trinajstić information content (AvgIpc) is 3.29. The minimum atomic E-state index is 0. The second kappa shape index (κ2) is 15.0. The Labute approximate surface area is 168 Å². The van der Waals surface area contributed by atoms with E-state index < -0.39 is 0 Å². The maximum absolute atomic E-state index is 5.74. The van der Waals surface area contributed by atoms with Crippen LogP contribution in [0.2, 0.25) is 0 Å². The SMILES string of the molecule is CN=C(NCCCOCC1CCOC1)NCCCOC1CCOC1.I. The molecule has 2 unspecified atom stereocenters. The molecule has 0 bridgehead atoms. The average molecular weight is 471 g/mol. The fourth-order valence-corrected chi connectivity index (χ4v) is 2.74. The van der Waals surface area contributed by atoms with E-state index in [-0.39, 0.29) is 24.0 Å². The lowest BCUT2D eigenvalue weighted by Crippen LogP contribution is -2.38. The van der Waals surface area contributed by atoms with Gasteiger partial charge in [0.2, 0.25) is 0 Å². The molecule has 0 saturated carbocycles. The third kappa shape index (κ3) is 10.5. The first-order valence-electron chi connectivity index (χ1n) is 9.18. The van der Waals surface area contributed by atoms with Gasteiger partial charge < -0.3 is 29.6 Å². The lowest BCUT2D eigenvalue weighted by atomic mass is 10.1. The number of aliphatic imine (C=N–C) groups is 1. The number of halogens is 1. The monoisotopic (exact) mass is 471 g/mol. The van der Waals surface area contributed by atoms with Crippen molar-refractivity contribution in [3.8, 4) is 0 Å². The molecule has 0 aromatic heterocycles. The number of nitrogens with zero attached hydrogens (tertiary/aromatic N) is 1. The Kier molecular flexibility index (Phi) is 13.7. The van der Waals surface area contributed by atoms with Crippen molar-refractivity contribution in [3.05, 3.63) is 0 Å². The fraction of sp³-hybridized carbons (Fsp3) is 0.941. The molecule has 25 heavy (non-hydrogen) atoms. The van der Waals surface area contributed by atoms with E-state index in [1.165, 1.54) is 0 Å². The number of ether oxygens (including phenoxy) is 4. The fourth-order valence-electron chi connectivity index (χ4n) is 2.74. The zero-order valence-corrected chi connectivity index (χ0v) is 17.7. The molecule has 148 valence electrons. The van der Waals surface area contributed by atoms with Gasteiger partial charge in [-0.3, -0.25) is 4.99 Å². The molecule has 7 nitrogen and oxygen atoms in total. The molecule has 2 N–H and O–H groups in total. The Morgan fingerprint density at radius 2 is 1.76 bits per heavy atom. The van der Waals surface area contributed by atoms with Gasteiger partial charge in [-0.2, -0.15) is 0 Å². The van der Waals surface area contributed by atoms with Gasteiger partial charge in [-0.15, -0.1) is 24.0 Å². The predicted molar refractivity (Wildman–Crippen MR) is 109 cm³/mol. The predicted octanol–water partition coefficient (Wildman–Crippen LogP) is 1.41. The van der Waals surface area contributed by atoms with Crippen LogP contribution in [0.1, 0.15) is 25.7 Å². The number of hydrogen-bond acceptors (Lipinski definition) is 5. The summed E-state index contributed by atoms with van der Waals surface area (Å²) in [5.41, 5.74) is 0. The zero-order chi connectivity index (χ0) is 16.9. The van der Waals surface area contributed by atoms with Gasteiger partial charge in [-0.1, -0.05) is 0 Å². The van der Waals surface area contributed by atoms with Crippen LogP contribution in [0.25, 0.3) is 0 Å². The molecule has 2 aliphatic heterocycles. The van der Waals surface area contributed by atoms with Crippen molar-refractivity contribution >= 4 is 29.9 Å². The van der Waals surface area contributed by atoms with Crippen LogP contribution in [0.15, 0.2) is 4.99 Å². The molecule has 0 aromatic rings. The Morgan fingerprint density at radius 3 is 2.40 bits per heavy atom. The summed E-state index contributed by atoms with van der Waals surface area (Å²) in [7, 11) is 1.79. The van der Waals surface area contributed by atoms with E-state index in [2.05, 4.69) is 15.6 Å². The van der Waals surface area contributed by atoms with Gasteiger partial charge in [-0.05, 0) is 25.7 Å². The topological polar surface area (TPSA) is 73.3 Å². The van der Waals surface area contributed by atoms with Crippen LogP contribution in [-0.4, -0.2) is 78.4 Å². The first-order valence-corrected chi connectivity index (χ1v) is 9.18. The van der Waals surface area contributed by atoms with Gasteiger partial charge in [0.1, 0.15) is 0 Å². The summed E-state index contributed by atoms with van der Waals surface area (Å²) in [6.45, 7) is 7.38. The van der Waals surface area contributed by atoms with Gasteiger partial charge >= 0.3 is 0 Å². The smallest absolute Gasteiger partial charge is 0.190 e. The molecule has 0 spiro atoms. The van der Waals surface area contributed by atoms with Gasteiger partial charge in [0.25, 0.3) is 0 Å². The van der Waals surface area contributed by atoms with E-state index in [1.54, 1.807) is 7.05 Å². The molecular formula is C17H34IN3O4. The summed E-state index contributed by atoms with van der Waals surface area (Å²) in [5, 5.41) is 6.60. The molecule has 0 aliphatic carbocycles. The highest BCUT2D eigenvalue weighted by molar-refractivity contribution is 14.0. The standard InChI is InChI=1S/C17H33N3O4.HI/c1-18-17(20-7-3-9-24-16-5-11-23-14-16)19-6-2-8-21-12-15-4-10-22-13-15;/h15-16H,2-14H2,1H3,(H2,18,19,20);1H. The lowest BCUT2D eigenvalue weighted by Gasteiger charge is -2.13. The van der Waals surface area contributed by atoms with Gasteiger partial charge in [0, 0.05) is 52.5 Å². The van der Waals surface area contributed by atoms with Crippen molar-refractivity contribution in [2.24, 2.45) is 10.9 Å². The van der Waals surface area contributed by atoms with Gasteiger partial charge in [-0.25, -0.2) is 0 Å². The molecule has 2 atom stereocenters. The van der Waals surface area contributed by atoms with E-state index >= 15 is 0 Å². The first kappa shape index (κ1) is 22.9. The van der Waals surface area contributed by atoms with Crippen molar-refractivity contribution < 1.29 is 18.9 Å². The van der Waals surface area contributed by atoms with Crippen LogP contribution in [0.3, 0.4) is 0 Å². The first-order chi connectivity index (χ1) is 11.9. The van der Waals surface area contributed by atoms with E-state index in [0.29, 0.717) is 12.0 Å². The van der Waals surface area contributed by atoms with Crippen molar-refractivity contribution in [2.75, 3.05) is 66.4 Å². The third-order valence-electron chi connectivity index (χ3n) is 4.21. The maximum atomic E-state index is 5.74. The quantitative estimate of drug-likeness (QED) is 0.206. The Morgan fingerprint density at radius 1 is 1.04 bits per heavy atom. The third-order valence-corrected chi connectivity index (χ3v) is 4.21. The summed E-state index contributed by atoms with van der Waals surface area (Å²) in [5.74, 6) is 1.42. The molecule has 2 aliphatic rings. The summed E-state index contributed by atoms with van der Waals surface area (Å²) in [6.07, 6.45) is 4.37. The Hall–Kier alpha value is -0.160. The van der Waals surface area contributed by atoms with Gasteiger partial charge in [0.15, 0.2) is 5.96 Å². The molecule has 2 heterocycles. The zero-order valence-electron chi connectivity index (χ0n) is 15.3. The molecular weight excluding hydrogens is 437 g/mol. The number of guanidine groups is 1. The van der Waals surface area contributed by atoms with Crippen LogP contribution in [0, 0.1) is 5.92 Å². The Bertz CT molecular complexity index is 349. The van der Waals surface area contributed by atoms with Crippen LogP contribution in [-0.2, 0) is 18.9 Å². The Balaban J connectivity index is 0.00000312. The summed E-state index contributed by atoms with van der Waals surface area (Å²) in [6, 6.07) is 0. The normalized spacial score (nSPS) is 23.5. The highest BCUT2D eigenvalue weighted by atomic mass is 127. The van der Waals surface area contributed by atoms with Crippen LogP contribution >= 0.6 is 24.0 Å². The molecule has 8 heteroatoms. The number of rotatable bonds is 11. The highest BCUT2D eigenvalue weighted by Crippen LogP contribution is 2.12. The van der Waals surface area contributed by atoms with Crippen molar-refractivity contribution in [1.82, 2.24) is 10.6 Å². The van der Waals surface area contributed by atoms with E-state index in [1.807, 2.05) is 0 Å². The van der Waals surface area contributed by atoms with E-state index in [9.17, 15) is 0 Å². The molecule has 0 radical (unpaired) electrons. The van der Waals surface area contributed by atoms with E-state index in [0.717, 1.165) is 91.0 Å². The van der Waals surface area contributed by atoms with Gasteiger partial charge in [0.05, 0.1) is 25.9 Å². The van der Waals surface area contributed by atoms with Crippen LogP contribution < -0.4 is 10.6 Å². The number of nitrogens with one attached hydrogen (secondary N) is 2. The molecule has 0 aromatic carbocycles.